The summed E-state index contributed by atoms with van der Waals surface area (Å²) < 4.78 is 37.0. The van der Waals surface area contributed by atoms with Gasteiger partial charge in [0.25, 0.3) is 0 Å². The number of hydrogen-bond acceptors (Lipinski definition) is 6. The molecule has 2 rings (SSSR count). The highest BCUT2D eigenvalue weighted by Crippen LogP contribution is 2.20. The lowest BCUT2D eigenvalue weighted by atomic mass is 10.3. The van der Waals surface area contributed by atoms with Gasteiger partial charge in [0.15, 0.2) is 0 Å². The van der Waals surface area contributed by atoms with Crippen molar-refractivity contribution in [2.45, 2.75) is 11.8 Å². The Morgan fingerprint density at radius 2 is 1.81 bits per heavy atom. The lowest BCUT2D eigenvalue weighted by Gasteiger charge is -2.34. The van der Waals surface area contributed by atoms with Gasteiger partial charge in [-0.3, -0.25) is 9.69 Å². The molecule has 0 bridgehead atoms. The maximum atomic E-state index is 12.7. The number of nitrogens with zero attached hydrogens (tertiary/aromatic N) is 2. The third-order valence-corrected chi connectivity index (χ3v) is 6.13. The highest BCUT2D eigenvalue weighted by molar-refractivity contribution is 7.89. The van der Waals surface area contributed by atoms with E-state index in [1.807, 2.05) is 6.92 Å². The molecule has 1 heterocycles. The molecule has 0 radical (unpaired) electrons. The van der Waals surface area contributed by atoms with E-state index < -0.39 is 10.0 Å². The molecule has 9 heteroatoms. The average Bonchev–Trinajstić information content (AvgIpc) is 2.67. The van der Waals surface area contributed by atoms with Crippen molar-refractivity contribution < 1.29 is 22.7 Å². The van der Waals surface area contributed by atoms with E-state index in [-0.39, 0.29) is 17.4 Å². The van der Waals surface area contributed by atoms with E-state index in [0.29, 0.717) is 51.6 Å². The van der Waals surface area contributed by atoms with Gasteiger partial charge in [-0.1, -0.05) is 0 Å². The van der Waals surface area contributed by atoms with Crippen LogP contribution in [0.4, 0.5) is 0 Å². The molecule has 0 unspecified atom stereocenters. The Kier molecular flexibility index (Phi) is 7.83. The molecule has 1 amide bonds. The fourth-order valence-electron chi connectivity index (χ4n) is 2.69. The van der Waals surface area contributed by atoms with E-state index in [1.165, 1.54) is 4.31 Å². The zero-order valence-electron chi connectivity index (χ0n) is 15.3. The van der Waals surface area contributed by atoms with Gasteiger partial charge in [0.1, 0.15) is 12.4 Å². The maximum Gasteiger partial charge on any atom is 0.246 e. The van der Waals surface area contributed by atoms with Crippen molar-refractivity contribution >= 4 is 15.9 Å². The molecule has 0 atom stereocenters. The Balaban J connectivity index is 1.79. The molecule has 0 aromatic heterocycles. The van der Waals surface area contributed by atoms with Crippen LogP contribution in [0.5, 0.6) is 5.75 Å². The molecule has 146 valence electrons. The van der Waals surface area contributed by atoms with Gasteiger partial charge in [0.05, 0.1) is 12.0 Å². The van der Waals surface area contributed by atoms with E-state index in [1.54, 1.807) is 31.4 Å². The summed E-state index contributed by atoms with van der Waals surface area (Å²) in [4.78, 5) is 13.9. The summed E-state index contributed by atoms with van der Waals surface area (Å²) in [6.07, 6.45) is 0. The lowest BCUT2D eigenvalue weighted by Crippen LogP contribution is -2.50. The molecule has 1 aliphatic heterocycles. The predicted octanol–water partition coefficient (Wildman–Crippen LogP) is 0.154. The smallest absolute Gasteiger partial charge is 0.246 e. The molecule has 0 saturated carbocycles. The van der Waals surface area contributed by atoms with Crippen LogP contribution >= 0.6 is 0 Å². The SMILES string of the molecule is CCOCC(=O)NCCN1CCN(S(=O)(=O)c2ccc(OC)cc2)CC1. The van der Waals surface area contributed by atoms with Crippen molar-refractivity contribution in [3.05, 3.63) is 24.3 Å². The van der Waals surface area contributed by atoms with Crippen molar-refractivity contribution in [3.63, 3.8) is 0 Å². The highest BCUT2D eigenvalue weighted by atomic mass is 32.2. The maximum absolute atomic E-state index is 12.7. The van der Waals surface area contributed by atoms with Crippen LogP contribution in [0.1, 0.15) is 6.92 Å². The van der Waals surface area contributed by atoms with E-state index in [9.17, 15) is 13.2 Å². The summed E-state index contributed by atoms with van der Waals surface area (Å²) in [7, 11) is -1.95. The number of piperazine rings is 1. The lowest BCUT2D eigenvalue weighted by molar-refractivity contribution is -0.125. The number of methoxy groups -OCH3 is 1. The average molecular weight is 385 g/mol. The Hall–Kier alpha value is -1.68. The quantitative estimate of drug-likeness (QED) is 0.651. The number of benzene rings is 1. The van der Waals surface area contributed by atoms with Gasteiger partial charge in [-0.2, -0.15) is 4.31 Å². The summed E-state index contributed by atoms with van der Waals surface area (Å²) in [5, 5.41) is 2.79. The van der Waals surface area contributed by atoms with Gasteiger partial charge in [0.2, 0.25) is 15.9 Å². The topological polar surface area (TPSA) is 88.2 Å². The molecule has 8 nitrogen and oxygen atoms in total. The zero-order chi connectivity index (χ0) is 19.0. The minimum atomic E-state index is -3.49. The molecule has 1 fully saturated rings. The van der Waals surface area contributed by atoms with Crippen LogP contribution < -0.4 is 10.1 Å². The van der Waals surface area contributed by atoms with Crippen molar-refractivity contribution in [1.29, 1.82) is 0 Å². The Labute approximate surface area is 155 Å². The van der Waals surface area contributed by atoms with E-state index in [0.717, 1.165) is 0 Å². The number of rotatable bonds is 9. The van der Waals surface area contributed by atoms with Gasteiger partial charge >= 0.3 is 0 Å². The summed E-state index contributed by atoms with van der Waals surface area (Å²) >= 11 is 0. The number of hydrogen-bond donors (Lipinski definition) is 1. The second kappa shape index (κ2) is 9.86. The van der Waals surface area contributed by atoms with E-state index in [4.69, 9.17) is 9.47 Å². The van der Waals surface area contributed by atoms with Gasteiger partial charge in [-0.15, -0.1) is 0 Å². The first-order valence-corrected chi connectivity index (χ1v) is 10.1. The minimum absolute atomic E-state index is 0.0738. The van der Waals surface area contributed by atoms with Crippen LogP contribution in [0.25, 0.3) is 0 Å². The number of ether oxygens (including phenoxy) is 2. The monoisotopic (exact) mass is 385 g/mol. The molecule has 0 aliphatic carbocycles. The van der Waals surface area contributed by atoms with Crippen LogP contribution in [-0.2, 0) is 19.6 Å². The Morgan fingerprint density at radius 1 is 1.15 bits per heavy atom. The van der Waals surface area contributed by atoms with Crippen LogP contribution in [0.15, 0.2) is 29.2 Å². The first-order valence-electron chi connectivity index (χ1n) is 8.68. The number of carbonyl (C=O) groups is 1. The van der Waals surface area contributed by atoms with Crippen LogP contribution in [0, 0.1) is 0 Å². The largest absolute Gasteiger partial charge is 0.497 e. The predicted molar refractivity (Wildman–Crippen MR) is 97.7 cm³/mol. The fourth-order valence-corrected chi connectivity index (χ4v) is 4.11. The molecule has 1 aromatic rings. The van der Waals surface area contributed by atoms with Crippen LogP contribution in [0.3, 0.4) is 0 Å². The zero-order valence-corrected chi connectivity index (χ0v) is 16.1. The molecular weight excluding hydrogens is 358 g/mol. The van der Waals surface area contributed by atoms with Gasteiger partial charge in [-0.25, -0.2) is 8.42 Å². The highest BCUT2D eigenvalue weighted by Gasteiger charge is 2.28. The molecule has 1 saturated heterocycles. The number of sulfonamides is 1. The number of amides is 1. The summed E-state index contributed by atoms with van der Waals surface area (Å²) in [5.41, 5.74) is 0. The molecule has 1 aliphatic rings. The summed E-state index contributed by atoms with van der Waals surface area (Å²) in [5.74, 6) is 0.493. The van der Waals surface area contributed by atoms with Gasteiger partial charge < -0.3 is 14.8 Å². The molecule has 1 N–H and O–H groups in total. The van der Waals surface area contributed by atoms with Crippen LogP contribution in [0.2, 0.25) is 0 Å². The summed E-state index contributed by atoms with van der Waals surface area (Å²) in [6.45, 7) is 5.77. The third-order valence-electron chi connectivity index (χ3n) is 4.22. The second-order valence-corrected chi connectivity index (χ2v) is 7.85. The number of carbonyl (C=O) groups excluding carboxylic acids is 1. The molecule has 26 heavy (non-hydrogen) atoms. The van der Waals surface area contributed by atoms with Gasteiger partial charge in [-0.05, 0) is 31.2 Å². The first kappa shape index (κ1) is 20.6. The van der Waals surface area contributed by atoms with E-state index in [2.05, 4.69) is 10.2 Å². The first-order chi connectivity index (χ1) is 12.5. The normalized spacial score (nSPS) is 16.4. The third kappa shape index (κ3) is 5.66. The molecule has 0 spiro atoms. The van der Waals surface area contributed by atoms with Crippen molar-refractivity contribution in [2.75, 3.05) is 59.6 Å². The van der Waals surface area contributed by atoms with Crippen molar-refractivity contribution in [1.82, 2.24) is 14.5 Å². The molecule has 1 aromatic carbocycles. The van der Waals surface area contributed by atoms with Gasteiger partial charge in [0, 0.05) is 45.9 Å². The minimum Gasteiger partial charge on any atom is -0.497 e. The fraction of sp³-hybridized carbons (Fsp3) is 0.588. The van der Waals surface area contributed by atoms with Crippen molar-refractivity contribution in [3.8, 4) is 5.75 Å². The summed E-state index contributed by atoms with van der Waals surface area (Å²) in [6, 6.07) is 6.42. The Bertz CT molecular complexity index is 670. The number of nitrogens with one attached hydrogen (secondary N) is 1. The van der Waals surface area contributed by atoms with Crippen LogP contribution in [-0.4, -0.2) is 83.1 Å². The van der Waals surface area contributed by atoms with E-state index >= 15 is 0 Å². The molecular formula is C17H27N3O5S. The Morgan fingerprint density at radius 3 is 2.38 bits per heavy atom. The second-order valence-electron chi connectivity index (χ2n) is 5.91. The van der Waals surface area contributed by atoms with Crippen molar-refractivity contribution in [2.24, 2.45) is 0 Å². The standard InChI is InChI=1S/C17H27N3O5S/c1-3-25-14-17(21)18-8-9-19-10-12-20(13-11-19)26(22,23)16-6-4-15(24-2)5-7-16/h4-7H,3,8-14H2,1-2H3,(H,18,21).